The zero-order valence-corrected chi connectivity index (χ0v) is 15.0. The molecule has 10 nitrogen and oxygen atoms in total. The predicted octanol–water partition coefficient (Wildman–Crippen LogP) is 0.927. The third-order valence-electron chi connectivity index (χ3n) is 3.39. The van der Waals surface area contributed by atoms with E-state index < -0.39 is 22.8 Å². The van der Waals surface area contributed by atoms with E-state index in [1.807, 2.05) is 19.0 Å². The minimum atomic E-state index is -1.17. The van der Waals surface area contributed by atoms with Gasteiger partial charge in [0.2, 0.25) is 5.91 Å². The van der Waals surface area contributed by atoms with E-state index in [0.29, 0.717) is 25.4 Å². The van der Waals surface area contributed by atoms with E-state index >= 15 is 0 Å². The number of nitrogens with one attached hydrogen (secondary N) is 2. The van der Waals surface area contributed by atoms with Crippen molar-refractivity contribution in [3.8, 4) is 5.75 Å². The minimum Gasteiger partial charge on any atom is -0.494 e. The summed E-state index contributed by atoms with van der Waals surface area (Å²) in [5, 5.41) is 25.6. The van der Waals surface area contributed by atoms with E-state index in [1.165, 1.54) is 18.2 Å². The molecule has 0 aliphatic carbocycles. The number of hydrogen-bond donors (Lipinski definition) is 3. The van der Waals surface area contributed by atoms with Crippen LogP contribution in [0.4, 0.5) is 11.4 Å². The standard InChI is InChI=1S/C16H24N4O6/c1-4-26-11-5-6-12(14(9-11)20(24)25)18-15(21)10-13(16(22)23)17-7-8-19(2)3/h5-6,9,13,17H,4,7-8,10H2,1-3H3,(H,18,21)(H,22,23)/t13-/m0/s1. The SMILES string of the molecule is CCOc1ccc(NC(=O)C[C@H](NCCN(C)C)C(=O)O)c([N+](=O)[O-])c1. The van der Waals surface area contributed by atoms with Crippen LogP contribution in [0.15, 0.2) is 18.2 Å². The number of nitro groups is 1. The van der Waals surface area contributed by atoms with Gasteiger partial charge in [0.15, 0.2) is 0 Å². The Bertz CT molecular complexity index is 650. The topological polar surface area (TPSA) is 134 Å². The number of likely N-dealkylation sites (N-methyl/N-ethyl adjacent to an activating group) is 1. The van der Waals surface area contributed by atoms with Crippen LogP contribution in [0.25, 0.3) is 0 Å². The molecule has 26 heavy (non-hydrogen) atoms. The molecule has 144 valence electrons. The first kappa shape index (κ1) is 21.3. The van der Waals surface area contributed by atoms with Crippen molar-refractivity contribution < 1.29 is 24.4 Å². The summed E-state index contributed by atoms with van der Waals surface area (Å²) < 4.78 is 5.21. The molecule has 3 N–H and O–H groups in total. The molecule has 0 spiro atoms. The van der Waals surface area contributed by atoms with Crippen LogP contribution in [-0.4, -0.2) is 66.6 Å². The first-order chi connectivity index (χ1) is 12.2. The lowest BCUT2D eigenvalue weighted by Crippen LogP contribution is -2.42. The van der Waals surface area contributed by atoms with Gasteiger partial charge < -0.3 is 25.4 Å². The minimum absolute atomic E-state index is 0.0131. The van der Waals surface area contributed by atoms with Gasteiger partial charge >= 0.3 is 5.97 Å². The lowest BCUT2D eigenvalue weighted by atomic mass is 10.2. The summed E-state index contributed by atoms with van der Waals surface area (Å²) in [5.41, 5.74) is -0.336. The Balaban J connectivity index is 2.78. The number of carbonyl (C=O) groups is 2. The molecule has 0 aliphatic rings. The van der Waals surface area contributed by atoms with Crippen LogP contribution in [-0.2, 0) is 9.59 Å². The summed E-state index contributed by atoms with van der Waals surface area (Å²) in [6.07, 6.45) is -0.354. The molecule has 1 amide bonds. The maximum Gasteiger partial charge on any atom is 0.321 e. The van der Waals surface area contributed by atoms with Crippen LogP contribution in [0.1, 0.15) is 13.3 Å². The molecule has 0 radical (unpaired) electrons. The number of hydrogen-bond acceptors (Lipinski definition) is 7. The Morgan fingerprint density at radius 2 is 2.08 bits per heavy atom. The van der Waals surface area contributed by atoms with E-state index in [0.717, 1.165) is 0 Å². The predicted molar refractivity (Wildman–Crippen MR) is 95.5 cm³/mol. The number of aliphatic carboxylic acids is 1. The molecule has 1 aromatic rings. The number of carbonyl (C=O) groups excluding carboxylic acids is 1. The highest BCUT2D eigenvalue weighted by molar-refractivity contribution is 5.95. The highest BCUT2D eigenvalue weighted by Crippen LogP contribution is 2.29. The van der Waals surface area contributed by atoms with Crippen LogP contribution in [0.3, 0.4) is 0 Å². The number of carboxylic acids is 1. The van der Waals surface area contributed by atoms with Crippen molar-refractivity contribution in [2.75, 3.05) is 39.1 Å². The molecule has 1 atom stereocenters. The molecule has 0 bridgehead atoms. The Hall–Kier alpha value is -2.72. The molecule has 1 rings (SSSR count). The van der Waals surface area contributed by atoms with Crippen molar-refractivity contribution in [2.24, 2.45) is 0 Å². The van der Waals surface area contributed by atoms with Gasteiger partial charge in [-0.3, -0.25) is 19.7 Å². The van der Waals surface area contributed by atoms with Gasteiger partial charge in [0.05, 0.1) is 24.0 Å². The number of carboxylic acid groups (broad SMARTS) is 1. The number of amides is 1. The average molecular weight is 368 g/mol. The highest BCUT2D eigenvalue weighted by Gasteiger charge is 2.23. The van der Waals surface area contributed by atoms with Crippen LogP contribution in [0, 0.1) is 10.1 Å². The maximum atomic E-state index is 12.1. The lowest BCUT2D eigenvalue weighted by molar-refractivity contribution is -0.384. The van der Waals surface area contributed by atoms with E-state index in [9.17, 15) is 24.8 Å². The Kier molecular flexibility index (Phi) is 8.46. The molecular weight excluding hydrogens is 344 g/mol. The average Bonchev–Trinajstić information content (AvgIpc) is 2.54. The smallest absolute Gasteiger partial charge is 0.321 e. The van der Waals surface area contributed by atoms with Crippen molar-refractivity contribution >= 4 is 23.3 Å². The van der Waals surface area contributed by atoms with E-state index in [2.05, 4.69) is 10.6 Å². The van der Waals surface area contributed by atoms with Crippen molar-refractivity contribution in [3.05, 3.63) is 28.3 Å². The first-order valence-corrected chi connectivity index (χ1v) is 8.06. The molecule has 0 saturated heterocycles. The second kappa shape index (κ2) is 10.3. The van der Waals surface area contributed by atoms with Crippen molar-refractivity contribution in [2.45, 2.75) is 19.4 Å². The van der Waals surface area contributed by atoms with Gasteiger partial charge in [-0.05, 0) is 33.2 Å². The van der Waals surface area contributed by atoms with Crippen LogP contribution >= 0.6 is 0 Å². The molecule has 0 heterocycles. The number of nitrogens with zero attached hydrogens (tertiary/aromatic N) is 2. The van der Waals surface area contributed by atoms with Crippen molar-refractivity contribution in [3.63, 3.8) is 0 Å². The molecular formula is C16H24N4O6. The fourth-order valence-electron chi connectivity index (χ4n) is 2.12. The molecule has 0 aliphatic heterocycles. The Morgan fingerprint density at radius 1 is 1.38 bits per heavy atom. The van der Waals surface area contributed by atoms with Gasteiger partial charge in [-0.2, -0.15) is 0 Å². The first-order valence-electron chi connectivity index (χ1n) is 8.06. The number of ether oxygens (including phenoxy) is 1. The number of nitro benzene ring substituents is 1. The van der Waals surface area contributed by atoms with Gasteiger partial charge in [0.1, 0.15) is 17.5 Å². The molecule has 1 aromatic carbocycles. The Morgan fingerprint density at radius 3 is 2.62 bits per heavy atom. The second-order valence-electron chi connectivity index (χ2n) is 5.77. The van der Waals surface area contributed by atoms with E-state index in [1.54, 1.807) is 6.92 Å². The van der Waals surface area contributed by atoms with E-state index in [-0.39, 0.29) is 17.8 Å². The summed E-state index contributed by atoms with van der Waals surface area (Å²) in [7, 11) is 3.68. The van der Waals surface area contributed by atoms with Gasteiger partial charge in [0.25, 0.3) is 5.69 Å². The third-order valence-corrected chi connectivity index (χ3v) is 3.39. The van der Waals surface area contributed by atoms with Gasteiger partial charge in [-0.15, -0.1) is 0 Å². The maximum absolute atomic E-state index is 12.1. The van der Waals surface area contributed by atoms with Crippen molar-refractivity contribution in [1.29, 1.82) is 0 Å². The fourth-order valence-corrected chi connectivity index (χ4v) is 2.12. The monoisotopic (exact) mass is 368 g/mol. The van der Waals surface area contributed by atoms with Gasteiger partial charge in [-0.25, -0.2) is 0 Å². The molecule has 0 fully saturated rings. The van der Waals surface area contributed by atoms with Gasteiger partial charge in [-0.1, -0.05) is 0 Å². The highest BCUT2D eigenvalue weighted by atomic mass is 16.6. The Labute approximate surface area is 151 Å². The van der Waals surface area contributed by atoms with Crippen LogP contribution in [0.5, 0.6) is 5.75 Å². The zero-order valence-electron chi connectivity index (χ0n) is 15.0. The number of rotatable bonds is 11. The molecule has 0 aromatic heterocycles. The third kappa shape index (κ3) is 7.03. The number of anilines is 1. The summed E-state index contributed by atoms with van der Waals surface area (Å²) in [4.78, 5) is 35.8. The van der Waals surface area contributed by atoms with Crippen LogP contribution in [0.2, 0.25) is 0 Å². The molecule has 0 saturated carbocycles. The van der Waals surface area contributed by atoms with Gasteiger partial charge in [0, 0.05) is 13.1 Å². The molecule has 0 unspecified atom stereocenters. The molecule has 10 heteroatoms. The quantitative estimate of drug-likeness (QED) is 0.388. The largest absolute Gasteiger partial charge is 0.494 e. The van der Waals surface area contributed by atoms with E-state index in [4.69, 9.17) is 4.74 Å². The zero-order chi connectivity index (χ0) is 19.7. The normalized spacial score (nSPS) is 11.8. The fraction of sp³-hybridized carbons (Fsp3) is 0.500. The summed E-state index contributed by atoms with van der Waals surface area (Å²) in [6, 6.07) is 2.98. The summed E-state index contributed by atoms with van der Waals surface area (Å²) >= 11 is 0. The second-order valence-corrected chi connectivity index (χ2v) is 5.77. The summed E-state index contributed by atoms with van der Waals surface area (Å²) in [5.74, 6) is -1.49. The lowest BCUT2D eigenvalue weighted by Gasteiger charge is -2.16. The number of benzene rings is 1. The van der Waals surface area contributed by atoms with Crippen LogP contribution < -0.4 is 15.4 Å². The summed E-state index contributed by atoms with van der Waals surface area (Å²) in [6.45, 7) is 3.09. The van der Waals surface area contributed by atoms with Crippen molar-refractivity contribution in [1.82, 2.24) is 10.2 Å².